The summed E-state index contributed by atoms with van der Waals surface area (Å²) in [5.74, 6) is 0. The summed E-state index contributed by atoms with van der Waals surface area (Å²) in [4.78, 5) is 0. The minimum absolute atomic E-state index is 0.242. The van der Waals surface area contributed by atoms with E-state index in [1.54, 1.807) is 6.07 Å². The molecule has 1 heterocycles. The van der Waals surface area contributed by atoms with Crippen molar-refractivity contribution >= 4 is 28.9 Å². The van der Waals surface area contributed by atoms with Gasteiger partial charge in [0.2, 0.25) is 0 Å². The number of halogens is 2. The normalized spacial score (nSPS) is 17.4. The lowest BCUT2D eigenvalue weighted by Gasteiger charge is -2.14. The minimum atomic E-state index is 0.242. The molecule has 0 aliphatic carbocycles. The second-order valence-corrected chi connectivity index (χ2v) is 5.52. The molecular formula is C15H13Cl2N. The van der Waals surface area contributed by atoms with Gasteiger partial charge < -0.3 is 5.32 Å². The number of para-hydroxylation sites is 1. The van der Waals surface area contributed by atoms with E-state index in [0.717, 1.165) is 17.0 Å². The number of rotatable bonds is 1. The molecule has 0 aromatic heterocycles. The highest BCUT2D eigenvalue weighted by molar-refractivity contribution is 6.35. The molecule has 0 radical (unpaired) electrons. The maximum absolute atomic E-state index is 6.27. The van der Waals surface area contributed by atoms with Crippen LogP contribution in [-0.4, -0.2) is 0 Å². The molecule has 1 N–H and O–H groups in total. The Balaban J connectivity index is 1.96. The molecule has 0 fully saturated rings. The van der Waals surface area contributed by atoms with Crippen LogP contribution in [0.15, 0.2) is 36.4 Å². The van der Waals surface area contributed by atoms with Crippen molar-refractivity contribution in [1.29, 1.82) is 0 Å². The van der Waals surface area contributed by atoms with Gasteiger partial charge in [-0.3, -0.25) is 0 Å². The topological polar surface area (TPSA) is 12.0 Å². The average molecular weight is 278 g/mol. The van der Waals surface area contributed by atoms with Gasteiger partial charge in [0, 0.05) is 15.7 Å². The highest BCUT2D eigenvalue weighted by atomic mass is 35.5. The fraction of sp³-hybridized carbons (Fsp3) is 0.200. The maximum atomic E-state index is 6.27. The molecule has 1 aliphatic rings. The van der Waals surface area contributed by atoms with Crippen molar-refractivity contribution in [2.75, 3.05) is 5.32 Å². The Labute approximate surface area is 117 Å². The second kappa shape index (κ2) is 4.49. The van der Waals surface area contributed by atoms with Gasteiger partial charge in [0.05, 0.1) is 6.04 Å². The molecule has 3 heteroatoms. The summed E-state index contributed by atoms with van der Waals surface area (Å²) in [7, 11) is 0. The third-order valence-electron chi connectivity index (χ3n) is 3.44. The van der Waals surface area contributed by atoms with E-state index in [9.17, 15) is 0 Å². The van der Waals surface area contributed by atoms with Crippen LogP contribution < -0.4 is 5.32 Å². The lowest BCUT2D eigenvalue weighted by atomic mass is 10.0. The zero-order valence-electron chi connectivity index (χ0n) is 10.0. The fourth-order valence-electron chi connectivity index (χ4n) is 2.52. The van der Waals surface area contributed by atoms with Crippen LogP contribution in [0.5, 0.6) is 0 Å². The van der Waals surface area contributed by atoms with Gasteiger partial charge in [0.15, 0.2) is 0 Å². The number of anilines is 1. The van der Waals surface area contributed by atoms with E-state index < -0.39 is 0 Å². The smallest absolute Gasteiger partial charge is 0.0569 e. The SMILES string of the molecule is Cc1cccc2c1NC(c1ccc(Cl)cc1Cl)C2. The van der Waals surface area contributed by atoms with E-state index in [0.29, 0.717) is 5.02 Å². The van der Waals surface area contributed by atoms with E-state index in [2.05, 4.69) is 30.4 Å². The predicted octanol–water partition coefficient (Wildman–Crippen LogP) is 5.01. The van der Waals surface area contributed by atoms with Gasteiger partial charge in [-0.2, -0.15) is 0 Å². The summed E-state index contributed by atoms with van der Waals surface area (Å²) in [6.07, 6.45) is 0.971. The Morgan fingerprint density at radius 3 is 2.72 bits per heavy atom. The zero-order chi connectivity index (χ0) is 12.7. The van der Waals surface area contributed by atoms with Crippen LogP contribution in [0, 0.1) is 6.92 Å². The van der Waals surface area contributed by atoms with Crippen molar-refractivity contribution in [3.63, 3.8) is 0 Å². The highest BCUT2D eigenvalue weighted by Gasteiger charge is 2.24. The molecule has 1 aliphatic heterocycles. The van der Waals surface area contributed by atoms with Crippen molar-refractivity contribution in [3.8, 4) is 0 Å². The quantitative estimate of drug-likeness (QED) is 0.773. The summed E-state index contributed by atoms with van der Waals surface area (Å²) in [6.45, 7) is 2.12. The summed E-state index contributed by atoms with van der Waals surface area (Å²) in [5.41, 5.74) is 4.98. The molecule has 0 saturated carbocycles. The highest BCUT2D eigenvalue weighted by Crippen LogP contribution is 2.38. The van der Waals surface area contributed by atoms with E-state index in [-0.39, 0.29) is 6.04 Å². The van der Waals surface area contributed by atoms with Crippen molar-refractivity contribution in [2.24, 2.45) is 0 Å². The molecule has 3 rings (SSSR count). The summed E-state index contributed by atoms with van der Waals surface area (Å²) < 4.78 is 0. The van der Waals surface area contributed by atoms with Crippen molar-refractivity contribution < 1.29 is 0 Å². The van der Waals surface area contributed by atoms with Crippen LogP contribution in [0.2, 0.25) is 10.0 Å². The zero-order valence-corrected chi connectivity index (χ0v) is 11.5. The van der Waals surface area contributed by atoms with Crippen LogP contribution in [0.4, 0.5) is 5.69 Å². The largest absolute Gasteiger partial charge is 0.377 e. The molecule has 1 nitrogen and oxygen atoms in total. The van der Waals surface area contributed by atoms with E-state index in [1.807, 2.05) is 12.1 Å². The molecule has 92 valence electrons. The van der Waals surface area contributed by atoms with E-state index in [1.165, 1.54) is 16.8 Å². The number of aryl methyl sites for hydroxylation is 1. The summed E-state index contributed by atoms with van der Waals surface area (Å²) in [5, 5.41) is 4.96. The molecule has 1 atom stereocenters. The van der Waals surface area contributed by atoms with Gasteiger partial charge in [-0.05, 0) is 42.2 Å². The first kappa shape index (κ1) is 11.9. The Morgan fingerprint density at radius 2 is 2.00 bits per heavy atom. The van der Waals surface area contributed by atoms with Gasteiger partial charge in [0.1, 0.15) is 0 Å². The molecule has 2 aromatic carbocycles. The van der Waals surface area contributed by atoms with Crippen LogP contribution in [0.1, 0.15) is 22.7 Å². The molecule has 1 unspecified atom stereocenters. The van der Waals surface area contributed by atoms with Crippen LogP contribution in [-0.2, 0) is 6.42 Å². The first-order valence-corrected chi connectivity index (χ1v) is 6.71. The van der Waals surface area contributed by atoms with E-state index in [4.69, 9.17) is 23.2 Å². The molecular weight excluding hydrogens is 265 g/mol. The van der Waals surface area contributed by atoms with Gasteiger partial charge >= 0.3 is 0 Å². The lowest BCUT2D eigenvalue weighted by molar-refractivity contribution is 0.824. The third-order valence-corrected chi connectivity index (χ3v) is 4.00. The third kappa shape index (κ3) is 1.98. The van der Waals surface area contributed by atoms with Crippen molar-refractivity contribution in [1.82, 2.24) is 0 Å². The Hall–Kier alpha value is -1.18. The molecule has 0 spiro atoms. The Kier molecular flexibility index (Phi) is 2.96. The number of fused-ring (bicyclic) bond motifs is 1. The van der Waals surface area contributed by atoms with E-state index >= 15 is 0 Å². The first-order chi connectivity index (χ1) is 8.65. The fourth-order valence-corrected chi connectivity index (χ4v) is 3.06. The maximum Gasteiger partial charge on any atom is 0.0569 e. The van der Waals surface area contributed by atoms with Crippen molar-refractivity contribution in [2.45, 2.75) is 19.4 Å². The van der Waals surface area contributed by atoms with Gasteiger partial charge in [-0.15, -0.1) is 0 Å². The standard InChI is InChI=1S/C15H13Cl2N/c1-9-3-2-4-10-7-14(18-15(9)10)12-6-5-11(16)8-13(12)17/h2-6,8,14,18H,7H2,1H3. The average Bonchev–Trinajstić information content (AvgIpc) is 2.74. The minimum Gasteiger partial charge on any atom is -0.377 e. The molecule has 0 amide bonds. The lowest BCUT2D eigenvalue weighted by Crippen LogP contribution is -2.06. The summed E-state index contributed by atoms with van der Waals surface area (Å²) >= 11 is 12.2. The van der Waals surface area contributed by atoms with Crippen LogP contribution >= 0.6 is 23.2 Å². The van der Waals surface area contributed by atoms with Crippen molar-refractivity contribution in [3.05, 3.63) is 63.1 Å². The van der Waals surface area contributed by atoms with Gasteiger partial charge in [-0.1, -0.05) is 47.5 Å². The summed E-state index contributed by atoms with van der Waals surface area (Å²) in [6, 6.07) is 12.3. The number of benzene rings is 2. The second-order valence-electron chi connectivity index (χ2n) is 4.68. The molecule has 0 bridgehead atoms. The number of hydrogen-bond donors (Lipinski definition) is 1. The molecule has 0 saturated heterocycles. The molecule has 18 heavy (non-hydrogen) atoms. The van der Waals surface area contributed by atoms with Crippen LogP contribution in [0.25, 0.3) is 0 Å². The Morgan fingerprint density at radius 1 is 1.17 bits per heavy atom. The first-order valence-electron chi connectivity index (χ1n) is 5.95. The Bertz CT molecular complexity index is 607. The monoisotopic (exact) mass is 277 g/mol. The molecule has 2 aromatic rings. The van der Waals surface area contributed by atoms with Gasteiger partial charge in [0.25, 0.3) is 0 Å². The van der Waals surface area contributed by atoms with Crippen LogP contribution in [0.3, 0.4) is 0 Å². The van der Waals surface area contributed by atoms with Gasteiger partial charge in [-0.25, -0.2) is 0 Å². The number of hydrogen-bond acceptors (Lipinski definition) is 1. The number of nitrogens with one attached hydrogen (secondary N) is 1. The predicted molar refractivity (Wildman–Crippen MR) is 77.7 cm³/mol.